The number of nitrogens with one attached hydrogen (secondary N) is 1. The van der Waals surface area contributed by atoms with E-state index in [4.69, 9.17) is 4.74 Å². The highest BCUT2D eigenvalue weighted by Gasteiger charge is 2.03. The summed E-state index contributed by atoms with van der Waals surface area (Å²) < 4.78 is 5.63. The Balaban J connectivity index is 1.81. The van der Waals surface area contributed by atoms with E-state index in [1.807, 2.05) is 30.5 Å². The summed E-state index contributed by atoms with van der Waals surface area (Å²) in [5, 5.41) is 1.14. The number of carbonyl (C=O) groups is 1. The predicted molar refractivity (Wildman–Crippen MR) is 71.7 cm³/mol. The largest absolute Gasteiger partial charge is 0.494 e. The third-order valence-corrected chi connectivity index (χ3v) is 2.83. The van der Waals surface area contributed by atoms with Crippen molar-refractivity contribution < 1.29 is 9.53 Å². The number of fused-ring (bicyclic) bond motifs is 1. The molecule has 18 heavy (non-hydrogen) atoms. The maximum absolute atomic E-state index is 11.4. The molecule has 4 nitrogen and oxygen atoms in total. The van der Waals surface area contributed by atoms with Crippen LogP contribution < -0.4 is 4.74 Å². The molecule has 2 aromatic rings. The maximum Gasteiger partial charge on any atom is 0.222 e. The first-order chi connectivity index (χ1) is 8.66. The fraction of sp³-hybridized carbons (Fsp3) is 0.357. The lowest BCUT2D eigenvalue weighted by Gasteiger charge is -2.10. The molecule has 0 atom stereocenters. The van der Waals surface area contributed by atoms with Gasteiger partial charge in [-0.2, -0.15) is 0 Å². The molecule has 0 radical (unpaired) electrons. The number of amides is 1. The van der Waals surface area contributed by atoms with E-state index in [9.17, 15) is 4.79 Å². The fourth-order valence-corrected chi connectivity index (χ4v) is 1.76. The molecule has 0 spiro atoms. The van der Waals surface area contributed by atoms with Crippen molar-refractivity contribution in [3.63, 3.8) is 0 Å². The van der Waals surface area contributed by atoms with E-state index in [1.54, 1.807) is 19.0 Å². The zero-order valence-corrected chi connectivity index (χ0v) is 10.8. The van der Waals surface area contributed by atoms with E-state index in [-0.39, 0.29) is 5.91 Å². The molecule has 0 saturated heterocycles. The van der Waals surface area contributed by atoms with Gasteiger partial charge in [0, 0.05) is 37.6 Å². The Hall–Kier alpha value is -1.97. The molecule has 0 saturated carbocycles. The zero-order valence-electron chi connectivity index (χ0n) is 10.8. The van der Waals surface area contributed by atoms with Gasteiger partial charge in [-0.05, 0) is 30.7 Å². The summed E-state index contributed by atoms with van der Waals surface area (Å²) in [6.07, 6.45) is 3.17. The Bertz CT molecular complexity index is 531. The van der Waals surface area contributed by atoms with Gasteiger partial charge in [0.1, 0.15) is 5.75 Å². The lowest BCUT2D eigenvalue weighted by Crippen LogP contribution is -2.21. The van der Waals surface area contributed by atoms with Crippen LogP contribution >= 0.6 is 0 Å². The molecule has 1 aromatic heterocycles. The number of hydrogen-bond acceptors (Lipinski definition) is 2. The molecule has 1 heterocycles. The number of aromatic nitrogens is 1. The van der Waals surface area contributed by atoms with E-state index in [0.29, 0.717) is 13.0 Å². The van der Waals surface area contributed by atoms with Gasteiger partial charge in [0.15, 0.2) is 0 Å². The minimum absolute atomic E-state index is 0.139. The standard InChI is InChI=1S/C14H18N2O2/c1-16(2)14(17)4-3-9-18-12-5-6-13-11(10-12)7-8-15-13/h5-8,10,15H,3-4,9H2,1-2H3. The topological polar surface area (TPSA) is 45.3 Å². The number of hydrogen-bond donors (Lipinski definition) is 1. The number of benzene rings is 1. The van der Waals surface area contributed by atoms with Crippen molar-refractivity contribution in [2.24, 2.45) is 0 Å². The van der Waals surface area contributed by atoms with Gasteiger partial charge < -0.3 is 14.6 Å². The third-order valence-electron chi connectivity index (χ3n) is 2.83. The monoisotopic (exact) mass is 246 g/mol. The summed E-state index contributed by atoms with van der Waals surface area (Å²) in [6.45, 7) is 0.565. The van der Waals surface area contributed by atoms with Crippen molar-refractivity contribution >= 4 is 16.8 Å². The minimum Gasteiger partial charge on any atom is -0.494 e. The second kappa shape index (κ2) is 5.58. The third kappa shape index (κ3) is 3.03. The molecular formula is C14H18N2O2. The Morgan fingerprint density at radius 2 is 2.17 bits per heavy atom. The summed E-state index contributed by atoms with van der Waals surface area (Å²) in [7, 11) is 3.53. The average Bonchev–Trinajstić information content (AvgIpc) is 2.81. The van der Waals surface area contributed by atoms with Crippen LogP contribution in [0.5, 0.6) is 5.75 Å². The van der Waals surface area contributed by atoms with Crippen molar-refractivity contribution in [1.29, 1.82) is 0 Å². The van der Waals surface area contributed by atoms with E-state index in [1.165, 1.54) is 0 Å². The van der Waals surface area contributed by atoms with Crippen LogP contribution in [0.15, 0.2) is 30.5 Å². The van der Waals surface area contributed by atoms with Gasteiger partial charge in [0.2, 0.25) is 5.91 Å². The molecule has 0 aliphatic carbocycles. The number of aromatic amines is 1. The maximum atomic E-state index is 11.4. The van der Waals surface area contributed by atoms with Gasteiger partial charge >= 0.3 is 0 Å². The number of carbonyl (C=O) groups excluding carboxylic acids is 1. The first-order valence-corrected chi connectivity index (χ1v) is 6.07. The van der Waals surface area contributed by atoms with Gasteiger partial charge in [-0.1, -0.05) is 0 Å². The summed E-state index contributed by atoms with van der Waals surface area (Å²) in [5.74, 6) is 0.985. The fourth-order valence-electron chi connectivity index (χ4n) is 1.76. The molecule has 1 N–H and O–H groups in total. The Labute approximate surface area is 107 Å². The predicted octanol–water partition coefficient (Wildman–Crippen LogP) is 2.42. The van der Waals surface area contributed by atoms with Crippen molar-refractivity contribution in [3.8, 4) is 5.75 Å². The van der Waals surface area contributed by atoms with Crippen LogP contribution in [-0.2, 0) is 4.79 Å². The van der Waals surface area contributed by atoms with Gasteiger partial charge in [0.05, 0.1) is 6.61 Å². The highest BCUT2D eigenvalue weighted by atomic mass is 16.5. The quantitative estimate of drug-likeness (QED) is 0.823. The Kier molecular flexibility index (Phi) is 3.87. The highest BCUT2D eigenvalue weighted by Crippen LogP contribution is 2.19. The molecule has 0 unspecified atom stereocenters. The van der Waals surface area contributed by atoms with Gasteiger partial charge in [-0.25, -0.2) is 0 Å². The zero-order chi connectivity index (χ0) is 13.0. The first-order valence-electron chi connectivity index (χ1n) is 6.07. The van der Waals surface area contributed by atoms with Gasteiger partial charge in [0.25, 0.3) is 0 Å². The molecule has 1 aromatic carbocycles. The number of nitrogens with zero attached hydrogens (tertiary/aromatic N) is 1. The van der Waals surface area contributed by atoms with Gasteiger partial charge in [-0.15, -0.1) is 0 Å². The average molecular weight is 246 g/mol. The van der Waals surface area contributed by atoms with Crippen LogP contribution in [0.25, 0.3) is 10.9 Å². The van der Waals surface area contributed by atoms with Crippen LogP contribution in [-0.4, -0.2) is 36.5 Å². The Morgan fingerprint density at radius 3 is 2.94 bits per heavy atom. The summed E-state index contributed by atoms with van der Waals surface area (Å²) in [5.41, 5.74) is 1.10. The first kappa shape index (κ1) is 12.5. The molecule has 0 aliphatic heterocycles. The van der Waals surface area contributed by atoms with Crippen LogP contribution in [0.3, 0.4) is 0 Å². The summed E-state index contributed by atoms with van der Waals surface area (Å²) in [4.78, 5) is 16.1. The molecular weight excluding hydrogens is 228 g/mol. The molecule has 0 aliphatic rings. The van der Waals surface area contributed by atoms with Crippen LogP contribution in [0, 0.1) is 0 Å². The molecule has 96 valence electrons. The number of rotatable bonds is 5. The van der Waals surface area contributed by atoms with E-state index in [2.05, 4.69) is 4.98 Å². The van der Waals surface area contributed by atoms with Crippen LogP contribution in [0.4, 0.5) is 0 Å². The van der Waals surface area contributed by atoms with Crippen LogP contribution in [0.1, 0.15) is 12.8 Å². The second-order valence-corrected chi connectivity index (χ2v) is 4.47. The molecule has 1 amide bonds. The van der Waals surface area contributed by atoms with Gasteiger partial charge in [-0.3, -0.25) is 4.79 Å². The van der Waals surface area contributed by atoms with Crippen molar-refractivity contribution in [2.45, 2.75) is 12.8 Å². The van der Waals surface area contributed by atoms with E-state index in [0.717, 1.165) is 23.1 Å². The second-order valence-electron chi connectivity index (χ2n) is 4.47. The minimum atomic E-state index is 0.139. The molecule has 0 bridgehead atoms. The molecule has 2 rings (SSSR count). The number of H-pyrrole nitrogens is 1. The number of ether oxygens (including phenoxy) is 1. The van der Waals surface area contributed by atoms with E-state index >= 15 is 0 Å². The summed E-state index contributed by atoms with van der Waals surface area (Å²) in [6, 6.07) is 7.94. The van der Waals surface area contributed by atoms with Crippen molar-refractivity contribution in [3.05, 3.63) is 30.5 Å². The highest BCUT2D eigenvalue weighted by molar-refractivity contribution is 5.80. The smallest absolute Gasteiger partial charge is 0.222 e. The molecule has 0 fully saturated rings. The van der Waals surface area contributed by atoms with E-state index < -0.39 is 0 Å². The summed E-state index contributed by atoms with van der Waals surface area (Å²) >= 11 is 0. The van der Waals surface area contributed by atoms with Crippen molar-refractivity contribution in [1.82, 2.24) is 9.88 Å². The Morgan fingerprint density at radius 1 is 1.33 bits per heavy atom. The lowest BCUT2D eigenvalue weighted by molar-refractivity contribution is -0.128. The SMILES string of the molecule is CN(C)C(=O)CCCOc1ccc2[nH]ccc2c1. The van der Waals surface area contributed by atoms with Crippen molar-refractivity contribution in [2.75, 3.05) is 20.7 Å². The molecule has 4 heteroatoms. The lowest BCUT2D eigenvalue weighted by atomic mass is 10.2. The van der Waals surface area contributed by atoms with Crippen LogP contribution in [0.2, 0.25) is 0 Å². The normalized spacial score (nSPS) is 10.6.